The van der Waals surface area contributed by atoms with Crippen LogP contribution in [0.3, 0.4) is 0 Å². The number of aliphatic hydroxyl groups is 1. The van der Waals surface area contributed by atoms with Crippen LogP contribution in [-0.2, 0) is 6.61 Å². The molecule has 0 atom stereocenters. The third kappa shape index (κ3) is 1.85. The second kappa shape index (κ2) is 3.74. The summed E-state index contributed by atoms with van der Waals surface area (Å²) in [5, 5.41) is 9.01. The van der Waals surface area contributed by atoms with Gasteiger partial charge in [0.1, 0.15) is 11.5 Å². The van der Waals surface area contributed by atoms with E-state index >= 15 is 0 Å². The minimum Gasteiger partial charge on any atom is -0.429 e. The molecule has 2 rings (SSSR count). The van der Waals surface area contributed by atoms with Crippen LogP contribution >= 0.6 is 0 Å². The Bertz CT molecular complexity index is 477. The number of nitrogens with zero attached hydrogens (tertiary/aromatic N) is 1. The zero-order chi connectivity index (χ0) is 10.8. The van der Waals surface area contributed by atoms with Gasteiger partial charge in [-0.1, -0.05) is 18.2 Å². The zero-order valence-electron chi connectivity index (χ0n) is 8.40. The fraction of sp³-hybridized carbons (Fsp3) is 0.182. The highest BCUT2D eigenvalue weighted by molar-refractivity contribution is 5.63. The first kappa shape index (κ1) is 9.73. The third-order valence-electron chi connectivity index (χ3n) is 2.20. The number of aromatic nitrogens is 1. The van der Waals surface area contributed by atoms with Gasteiger partial charge >= 0.3 is 0 Å². The summed E-state index contributed by atoms with van der Waals surface area (Å²) in [5.41, 5.74) is 7.93. The van der Waals surface area contributed by atoms with Crippen LogP contribution in [-0.4, -0.2) is 10.1 Å². The first-order valence-electron chi connectivity index (χ1n) is 4.64. The van der Waals surface area contributed by atoms with Gasteiger partial charge in [0.05, 0.1) is 6.61 Å². The molecule has 0 spiro atoms. The lowest BCUT2D eigenvalue weighted by Crippen LogP contribution is -1.87. The molecule has 0 unspecified atom stereocenters. The summed E-state index contributed by atoms with van der Waals surface area (Å²) in [7, 11) is 0. The van der Waals surface area contributed by atoms with Crippen molar-refractivity contribution < 1.29 is 9.52 Å². The second-order valence-corrected chi connectivity index (χ2v) is 3.32. The van der Waals surface area contributed by atoms with Gasteiger partial charge in [-0.25, -0.2) is 0 Å². The summed E-state index contributed by atoms with van der Waals surface area (Å²) < 4.78 is 5.15. The van der Waals surface area contributed by atoms with Crippen molar-refractivity contribution >= 4 is 6.01 Å². The minimum absolute atomic E-state index is 0.0141. The molecular weight excluding hydrogens is 192 g/mol. The number of aryl methyl sites for hydroxylation is 1. The lowest BCUT2D eigenvalue weighted by Gasteiger charge is -2.00. The smallest absolute Gasteiger partial charge is 0.292 e. The summed E-state index contributed by atoms with van der Waals surface area (Å²) >= 11 is 0. The van der Waals surface area contributed by atoms with Crippen molar-refractivity contribution in [1.82, 2.24) is 4.98 Å². The van der Waals surface area contributed by atoms with Crippen LogP contribution in [0.5, 0.6) is 0 Å². The molecule has 4 nitrogen and oxygen atoms in total. The molecule has 15 heavy (non-hydrogen) atoms. The topological polar surface area (TPSA) is 72.3 Å². The maximum absolute atomic E-state index is 9.01. The Labute approximate surface area is 87.4 Å². The highest BCUT2D eigenvalue weighted by Gasteiger charge is 2.09. The van der Waals surface area contributed by atoms with Crippen molar-refractivity contribution in [3.63, 3.8) is 0 Å². The number of anilines is 1. The molecule has 0 aliphatic carbocycles. The molecule has 1 aromatic carbocycles. The molecule has 0 saturated heterocycles. The molecule has 0 amide bonds. The third-order valence-corrected chi connectivity index (χ3v) is 2.20. The monoisotopic (exact) mass is 204 g/mol. The molecule has 1 heterocycles. The first-order valence-corrected chi connectivity index (χ1v) is 4.64. The lowest BCUT2D eigenvalue weighted by molar-refractivity contribution is 0.282. The average Bonchev–Trinajstić information content (AvgIpc) is 2.58. The average molecular weight is 204 g/mol. The zero-order valence-corrected chi connectivity index (χ0v) is 8.40. The molecule has 0 saturated carbocycles. The SMILES string of the molecule is Cc1oc(N)nc1-c1cccc(CO)c1. The molecule has 0 aliphatic rings. The Morgan fingerprint density at radius 3 is 2.87 bits per heavy atom. The first-order chi connectivity index (χ1) is 7.20. The normalized spacial score (nSPS) is 10.5. The van der Waals surface area contributed by atoms with E-state index in [1.54, 1.807) is 0 Å². The van der Waals surface area contributed by atoms with E-state index in [-0.39, 0.29) is 12.6 Å². The van der Waals surface area contributed by atoms with Crippen molar-refractivity contribution in [2.75, 3.05) is 5.73 Å². The summed E-state index contributed by atoms with van der Waals surface area (Å²) in [6, 6.07) is 7.65. The van der Waals surface area contributed by atoms with E-state index in [2.05, 4.69) is 4.98 Å². The van der Waals surface area contributed by atoms with E-state index in [0.29, 0.717) is 5.76 Å². The van der Waals surface area contributed by atoms with Gasteiger partial charge in [0.25, 0.3) is 6.01 Å². The van der Waals surface area contributed by atoms with E-state index in [1.165, 1.54) is 0 Å². The number of nitrogen functional groups attached to an aromatic ring is 1. The Balaban J connectivity index is 2.49. The van der Waals surface area contributed by atoms with Gasteiger partial charge in [-0.3, -0.25) is 0 Å². The van der Waals surface area contributed by atoms with E-state index in [0.717, 1.165) is 16.8 Å². The molecule has 3 N–H and O–H groups in total. The van der Waals surface area contributed by atoms with Crippen LogP contribution in [0.1, 0.15) is 11.3 Å². The summed E-state index contributed by atoms with van der Waals surface area (Å²) in [4.78, 5) is 4.09. The standard InChI is InChI=1S/C11H12N2O2/c1-7-10(13-11(12)15-7)9-4-2-3-8(5-9)6-14/h2-5,14H,6H2,1H3,(H2,12,13). The quantitative estimate of drug-likeness (QED) is 0.781. The van der Waals surface area contributed by atoms with E-state index in [1.807, 2.05) is 31.2 Å². The van der Waals surface area contributed by atoms with Crippen molar-refractivity contribution in [3.05, 3.63) is 35.6 Å². The van der Waals surface area contributed by atoms with Gasteiger partial charge in [-0.05, 0) is 18.6 Å². The highest BCUT2D eigenvalue weighted by atomic mass is 16.4. The van der Waals surface area contributed by atoms with Crippen molar-refractivity contribution in [2.24, 2.45) is 0 Å². The molecule has 4 heteroatoms. The van der Waals surface area contributed by atoms with E-state index < -0.39 is 0 Å². The summed E-state index contributed by atoms with van der Waals surface area (Å²) in [6.07, 6.45) is 0. The Kier molecular flexibility index (Phi) is 2.43. The largest absolute Gasteiger partial charge is 0.429 e. The van der Waals surface area contributed by atoms with Gasteiger partial charge in [0, 0.05) is 5.56 Å². The number of nitrogens with two attached hydrogens (primary N) is 1. The van der Waals surface area contributed by atoms with Crippen LogP contribution in [0.4, 0.5) is 6.01 Å². The van der Waals surface area contributed by atoms with Crippen LogP contribution in [0.15, 0.2) is 28.7 Å². The second-order valence-electron chi connectivity index (χ2n) is 3.32. The molecule has 0 aliphatic heterocycles. The van der Waals surface area contributed by atoms with Crippen molar-refractivity contribution in [2.45, 2.75) is 13.5 Å². The Morgan fingerprint density at radius 1 is 1.47 bits per heavy atom. The summed E-state index contributed by atoms with van der Waals surface area (Å²) in [6.45, 7) is 1.82. The lowest BCUT2D eigenvalue weighted by atomic mass is 10.1. The summed E-state index contributed by atoms with van der Waals surface area (Å²) in [5.74, 6) is 0.683. The fourth-order valence-corrected chi connectivity index (χ4v) is 1.50. The Hall–Kier alpha value is -1.81. The minimum atomic E-state index is 0.0141. The van der Waals surface area contributed by atoms with Crippen LogP contribution in [0.25, 0.3) is 11.3 Å². The van der Waals surface area contributed by atoms with E-state index in [9.17, 15) is 0 Å². The maximum Gasteiger partial charge on any atom is 0.292 e. The molecule has 0 fully saturated rings. The molecule has 0 radical (unpaired) electrons. The van der Waals surface area contributed by atoms with Crippen LogP contribution < -0.4 is 5.73 Å². The molecule has 0 bridgehead atoms. The predicted octanol–water partition coefficient (Wildman–Crippen LogP) is 1.72. The number of hydrogen-bond donors (Lipinski definition) is 2. The molecule has 2 aromatic rings. The number of hydrogen-bond acceptors (Lipinski definition) is 4. The van der Waals surface area contributed by atoms with Crippen molar-refractivity contribution in [1.29, 1.82) is 0 Å². The van der Waals surface area contributed by atoms with Crippen molar-refractivity contribution in [3.8, 4) is 11.3 Å². The molecule has 1 aromatic heterocycles. The molecule has 78 valence electrons. The van der Waals surface area contributed by atoms with Gasteiger partial charge in [0.2, 0.25) is 0 Å². The Morgan fingerprint density at radius 2 is 2.27 bits per heavy atom. The van der Waals surface area contributed by atoms with Gasteiger partial charge in [-0.15, -0.1) is 0 Å². The van der Waals surface area contributed by atoms with E-state index in [4.69, 9.17) is 15.3 Å². The predicted molar refractivity (Wildman–Crippen MR) is 57.0 cm³/mol. The van der Waals surface area contributed by atoms with Gasteiger partial charge in [-0.2, -0.15) is 4.98 Å². The number of rotatable bonds is 2. The van der Waals surface area contributed by atoms with Gasteiger partial charge in [0.15, 0.2) is 0 Å². The van der Waals surface area contributed by atoms with Crippen LogP contribution in [0, 0.1) is 6.92 Å². The number of aliphatic hydroxyl groups excluding tert-OH is 1. The number of benzene rings is 1. The maximum atomic E-state index is 9.01. The highest BCUT2D eigenvalue weighted by Crippen LogP contribution is 2.24. The fourth-order valence-electron chi connectivity index (χ4n) is 1.50. The molecular formula is C11H12N2O2. The van der Waals surface area contributed by atoms with Gasteiger partial charge < -0.3 is 15.3 Å². The van der Waals surface area contributed by atoms with Crippen LogP contribution in [0.2, 0.25) is 0 Å². The number of oxazole rings is 1.